The molecule has 1 N–H and O–H groups in total. The second kappa shape index (κ2) is 7.34. The maximum absolute atomic E-state index is 13.0. The van der Waals surface area contributed by atoms with Crippen molar-refractivity contribution in [2.45, 2.75) is 38.6 Å². The van der Waals surface area contributed by atoms with E-state index in [0.29, 0.717) is 11.3 Å². The van der Waals surface area contributed by atoms with Crippen LogP contribution in [0.2, 0.25) is 0 Å². The van der Waals surface area contributed by atoms with Gasteiger partial charge in [-0.2, -0.15) is 0 Å². The summed E-state index contributed by atoms with van der Waals surface area (Å²) in [5.41, 5.74) is 1.04. The highest BCUT2D eigenvalue weighted by atomic mass is 16.3. The summed E-state index contributed by atoms with van der Waals surface area (Å²) in [6.45, 7) is 2.89. The lowest BCUT2D eigenvalue weighted by Gasteiger charge is -2.35. The van der Waals surface area contributed by atoms with Gasteiger partial charge >= 0.3 is 0 Å². The van der Waals surface area contributed by atoms with Crippen LogP contribution in [-0.2, 0) is 0 Å². The van der Waals surface area contributed by atoms with E-state index in [4.69, 9.17) is 4.42 Å². The minimum atomic E-state index is -0.356. The molecule has 5 heteroatoms. The van der Waals surface area contributed by atoms with Crippen LogP contribution in [0.15, 0.2) is 47.1 Å². The molecule has 1 fully saturated rings. The van der Waals surface area contributed by atoms with Crippen molar-refractivity contribution in [3.05, 3.63) is 54.0 Å². The molecule has 2 heterocycles. The van der Waals surface area contributed by atoms with Crippen LogP contribution >= 0.6 is 0 Å². The molecule has 0 bridgehead atoms. The minimum Gasteiger partial charge on any atom is -0.459 e. The Balaban J connectivity index is 1.83. The summed E-state index contributed by atoms with van der Waals surface area (Å²) in [6, 6.07) is 10.7. The molecule has 126 valence electrons. The maximum Gasteiger partial charge on any atom is 0.291 e. The Morgan fingerprint density at radius 2 is 2.04 bits per heavy atom. The van der Waals surface area contributed by atoms with Gasteiger partial charge in [-0.05, 0) is 49.9 Å². The van der Waals surface area contributed by atoms with Crippen LogP contribution in [0.25, 0.3) is 0 Å². The summed E-state index contributed by atoms with van der Waals surface area (Å²) in [5, 5.41) is 2.79. The molecule has 1 aliphatic heterocycles. The van der Waals surface area contributed by atoms with Crippen molar-refractivity contribution in [1.29, 1.82) is 0 Å². The molecule has 1 unspecified atom stereocenters. The first-order chi connectivity index (χ1) is 11.7. The van der Waals surface area contributed by atoms with Crippen LogP contribution in [0.3, 0.4) is 0 Å². The van der Waals surface area contributed by atoms with Crippen LogP contribution in [0, 0.1) is 0 Å². The fraction of sp³-hybridized carbons (Fsp3) is 0.368. The third-order valence-corrected chi connectivity index (χ3v) is 4.51. The number of rotatable bonds is 4. The molecule has 2 aromatic rings. The second-order valence-electron chi connectivity index (χ2n) is 6.03. The molecule has 1 aromatic heterocycles. The first-order valence-corrected chi connectivity index (χ1v) is 8.45. The number of hydrogen-bond donors (Lipinski definition) is 1. The van der Waals surface area contributed by atoms with Gasteiger partial charge in [-0.1, -0.05) is 19.1 Å². The van der Waals surface area contributed by atoms with Crippen LogP contribution in [0.4, 0.5) is 5.69 Å². The van der Waals surface area contributed by atoms with E-state index in [0.717, 1.165) is 25.8 Å². The number of benzene rings is 1. The smallest absolute Gasteiger partial charge is 0.291 e. The normalized spacial score (nSPS) is 17.5. The van der Waals surface area contributed by atoms with E-state index in [9.17, 15) is 9.59 Å². The van der Waals surface area contributed by atoms with Gasteiger partial charge in [0.15, 0.2) is 5.76 Å². The van der Waals surface area contributed by atoms with Crippen molar-refractivity contribution in [3.8, 4) is 0 Å². The van der Waals surface area contributed by atoms with E-state index in [1.807, 2.05) is 17.0 Å². The second-order valence-corrected chi connectivity index (χ2v) is 6.03. The van der Waals surface area contributed by atoms with Crippen LogP contribution in [-0.4, -0.2) is 29.3 Å². The van der Waals surface area contributed by atoms with Gasteiger partial charge < -0.3 is 14.6 Å². The molecule has 0 aliphatic carbocycles. The molecule has 1 saturated heterocycles. The Morgan fingerprint density at radius 3 is 2.79 bits per heavy atom. The number of nitrogens with one attached hydrogen (secondary N) is 1. The average Bonchev–Trinajstić information content (AvgIpc) is 3.16. The van der Waals surface area contributed by atoms with E-state index < -0.39 is 0 Å². The Morgan fingerprint density at radius 1 is 1.21 bits per heavy atom. The van der Waals surface area contributed by atoms with Gasteiger partial charge in [-0.15, -0.1) is 0 Å². The Labute approximate surface area is 141 Å². The summed E-state index contributed by atoms with van der Waals surface area (Å²) in [5.74, 6) is -0.149. The van der Waals surface area contributed by atoms with Crippen molar-refractivity contribution in [2.24, 2.45) is 0 Å². The van der Waals surface area contributed by atoms with Gasteiger partial charge in [0.1, 0.15) is 0 Å². The Bertz CT molecular complexity index is 709. The highest BCUT2D eigenvalue weighted by Gasteiger charge is 2.27. The van der Waals surface area contributed by atoms with E-state index in [1.165, 1.54) is 12.7 Å². The SMILES string of the molecule is CCC1CCCCN1C(=O)c1ccccc1NC(=O)c1ccco1. The van der Waals surface area contributed by atoms with Crippen LogP contribution in [0.5, 0.6) is 0 Å². The van der Waals surface area contributed by atoms with E-state index in [1.54, 1.807) is 24.3 Å². The molecule has 2 amide bonds. The number of carbonyl (C=O) groups excluding carboxylic acids is 2. The van der Waals surface area contributed by atoms with Crippen molar-refractivity contribution in [2.75, 3.05) is 11.9 Å². The zero-order chi connectivity index (χ0) is 16.9. The largest absolute Gasteiger partial charge is 0.459 e. The van der Waals surface area contributed by atoms with Crippen molar-refractivity contribution in [1.82, 2.24) is 4.90 Å². The monoisotopic (exact) mass is 326 g/mol. The lowest BCUT2D eigenvalue weighted by atomic mass is 9.98. The minimum absolute atomic E-state index is 0.0168. The zero-order valence-electron chi connectivity index (χ0n) is 13.8. The first kappa shape index (κ1) is 16.3. The number of likely N-dealkylation sites (tertiary alicyclic amines) is 1. The molecule has 1 atom stereocenters. The van der Waals surface area contributed by atoms with Gasteiger partial charge in [0.05, 0.1) is 17.5 Å². The van der Waals surface area contributed by atoms with Gasteiger partial charge in [0.2, 0.25) is 0 Å². The molecule has 1 aliphatic rings. The number of para-hydroxylation sites is 1. The lowest BCUT2D eigenvalue weighted by Crippen LogP contribution is -2.43. The molecular weight excluding hydrogens is 304 g/mol. The molecule has 5 nitrogen and oxygen atoms in total. The molecule has 0 saturated carbocycles. The van der Waals surface area contributed by atoms with Gasteiger partial charge in [0, 0.05) is 12.6 Å². The van der Waals surface area contributed by atoms with E-state index >= 15 is 0 Å². The average molecular weight is 326 g/mol. The van der Waals surface area contributed by atoms with Crippen molar-refractivity contribution >= 4 is 17.5 Å². The van der Waals surface area contributed by atoms with Crippen LogP contribution < -0.4 is 5.32 Å². The highest BCUT2D eigenvalue weighted by Crippen LogP contribution is 2.25. The van der Waals surface area contributed by atoms with Gasteiger partial charge in [0.25, 0.3) is 11.8 Å². The molecular formula is C19H22N2O3. The third kappa shape index (κ3) is 3.35. The summed E-state index contributed by atoms with van der Waals surface area (Å²) in [7, 11) is 0. The standard InChI is InChI=1S/C19H22N2O3/c1-2-14-8-5-6-12-21(14)19(23)15-9-3-4-10-16(15)20-18(22)17-11-7-13-24-17/h3-4,7,9-11,13-14H,2,5-6,8,12H2,1H3,(H,20,22). The van der Waals surface area contributed by atoms with E-state index in [2.05, 4.69) is 12.2 Å². The molecule has 24 heavy (non-hydrogen) atoms. The zero-order valence-corrected chi connectivity index (χ0v) is 13.8. The molecule has 1 aromatic carbocycles. The molecule has 0 spiro atoms. The van der Waals surface area contributed by atoms with E-state index in [-0.39, 0.29) is 23.6 Å². The summed E-state index contributed by atoms with van der Waals surface area (Å²) in [4.78, 5) is 27.2. The number of anilines is 1. The number of piperidine rings is 1. The highest BCUT2D eigenvalue weighted by molar-refractivity contribution is 6.07. The van der Waals surface area contributed by atoms with Crippen molar-refractivity contribution in [3.63, 3.8) is 0 Å². The molecule has 3 rings (SSSR count). The summed E-state index contributed by atoms with van der Waals surface area (Å²) in [6.07, 6.45) is 5.64. The number of hydrogen-bond acceptors (Lipinski definition) is 3. The van der Waals surface area contributed by atoms with Gasteiger partial charge in [-0.3, -0.25) is 9.59 Å². The quantitative estimate of drug-likeness (QED) is 0.926. The predicted molar refractivity (Wildman–Crippen MR) is 92.1 cm³/mol. The summed E-state index contributed by atoms with van der Waals surface area (Å²) >= 11 is 0. The Kier molecular flexibility index (Phi) is 4.99. The number of amides is 2. The number of carbonyl (C=O) groups is 2. The third-order valence-electron chi connectivity index (χ3n) is 4.51. The fourth-order valence-corrected chi connectivity index (χ4v) is 3.22. The number of nitrogens with zero attached hydrogens (tertiary/aromatic N) is 1. The summed E-state index contributed by atoms with van der Waals surface area (Å²) < 4.78 is 5.11. The topological polar surface area (TPSA) is 62.6 Å². The van der Waals surface area contributed by atoms with Crippen molar-refractivity contribution < 1.29 is 14.0 Å². The first-order valence-electron chi connectivity index (χ1n) is 8.45. The lowest BCUT2D eigenvalue weighted by molar-refractivity contribution is 0.0609. The number of furan rings is 1. The fourth-order valence-electron chi connectivity index (χ4n) is 3.22. The maximum atomic E-state index is 13.0. The van der Waals surface area contributed by atoms with Crippen LogP contribution in [0.1, 0.15) is 53.5 Å². The van der Waals surface area contributed by atoms with Gasteiger partial charge in [-0.25, -0.2) is 0 Å². The predicted octanol–water partition coefficient (Wildman–Crippen LogP) is 3.94. The Hall–Kier alpha value is -2.56. The molecule has 0 radical (unpaired) electrons.